The Bertz CT molecular complexity index is 455. The van der Waals surface area contributed by atoms with Crippen molar-refractivity contribution >= 4 is 19.4 Å². The minimum atomic E-state index is -3.45. The summed E-state index contributed by atoms with van der Waals surface area (Å²) in [6.07, 6.45) is -0.705. The number of amides is 1. The van der Waals surface area contributed by atoms with Crippen molar-refractivity contribution in [2.45, 2.75) is 26.6 Å². The maximum absolute atomic E-state index is 12.4. The Morgan fingerprint density at radius 2 is 1.75 bits per heavy atom. The van der Waals surface area contributed by atoms with Crippen LogP contribution >= 0.6 is 7.60 Å². The Hall–Kier alpha value is -1.36. The summed E-state index contributed by atoms with van der Waals surface area (Å²) in [6, 6.07) is 8.83. The summed E-state index contributed by atoms with van der Waals surface area (Å²) in [4.78, 5) is 11.7. The number of hydrogen-bond acceptors (Lipinski definition) is 5. The smallest absolute Gasteiger partial charge is 0.412 e. The average molecular weight is 301 g/mol. The molecule has 0 aliphatic rings. The Morgan fingerprint density at radius 1 is 1.20 bits per heavy atom. The van der Waals surface area contributed by atoms with Crippen LogP contribution in [0.1, 0.15) is 20.8 Å². The lowest BCUT2D eigenvalue weighted by Gasteiger charge is -2.23. The molecule has 7 heteroatoms. The van der Waals surface area contributed by atoms with Gasteiger partial charge in [0, 0.05) is 5.69 Å². The van der Waals surface area contributed by atoms with Crippen LogP contribution in [0.5, 0.6) is 0 Å². The lowest BCUT2D eigenvalue weighted by Crippen LogP contribution is -2.22. The molecule has 1 unspecified atom stereocenters. The van der Waals surface area contributed by atoms with Gasteiger partial charge in [-0.1, -0.05) is 18.2 Å². The molecule has 20 heavy (non-hydrogen) atoms. The number of anilines is 1. The van der Waals surface area contributed by atoms with E-state index >= 15 is 0 Å². The number of benzene rings is 1. The van der Waals surface area contributed by atoms with Crippen molar-refractivity contribution in [3.05, 3.63) is 30.3 Å². The monoisotopic (exact) mass is 301 g/mol. The molecule has 0 aromatic heterocycles. The van der Waals surface area contributed by atoms with E-state index in [1.54, 1.807) is 38.1 Å². The summed E-state index contributed by atoms with van der Waals surface area (Å²) in [5, 5.41) is 2.54. The normalized spacial score (nSPS) is 12.8. The zero-order chi connectivity index (χ0) is 15.0. The van der Waals surface area contributed by atoms with Crippen molar-refractivity contribution in [2.75, 3.05) is 18.5 Å². The van der Waals surface area contributed by atoms with Gasteiger partial charge in [0.05, 0.1) is 13.2 Å². The molecule has 0 aliphatic carbocycles. The molecule has 0 bridgehead atoms. The van der Waals surface area contributed by atoms with Crippen LogP contribution in [0.25, 0.3) is 0 Å². The van der Waals surface area contributed by atoms with Gasteiger partial charge in [-0.15, -0.1) is 0 Å². The van der Waals surface area contributed by atoms with Gasteiger partial charge in [-0.05, 0) is 32.9 Å². The van der Waals surface area contributed by atoms with Crippen molar-refractivity contribution in [3.8, 4) is 0 Å². The van der Waals surface area contributed by atoms with Crippen LogP contribution < -0.4 is 5.32 Å². The molecule has 0 saturated carbocycles. The van der Waals surface area contributed by atoms with E-state index in [1.807, 2.05) is 6.07 Å². The number of nitrogens with one attached hydrogen (secondary N) is 1. The van der Waals surface area contributed by atoms with Crippen LogP contribution in [0.2, 0.25) is 0 Å². The molecule has 1 aromatic rings. The molecule has 0 aliphatic heterocycles. The maximum atomic E-state index is 12.4. The van der Waals surface area contributed by atoms with E-state index in [1.165, 1.54) is 6.92 Å². The van der Waals surface area contributed by atoms with Crippen molar-refractivity contribution in [1.82, 2.24) is 0 Å². The molecule has 1 aromatic carbocycles. The van der Waals surface area contributed by atoms with Crippen LogP contribution in [0, 0.1) is 0 Å². The van der Waals surface area contributed by atoms with Crippen LogP contribution in [0.4, 0.5) is 10.5 Å². The predicted octanol–water partition coefficient (Wildman–Crippen LogP) is 3.85. The third kappa shape index (κ3) is 4.96. The van der Waals surface area contributed by atoms with Crippen LogP contribution in [0.3, 0.4) is 0 Å². The zero-order valence-corrected chi connectivity index (χ0v) is 12.8. The summed E-state index contributed by atoms with van der Waals surface area (Å²) >= 11 is 0. The van der Waals surface area contributed by atoms with E-state index in [-0.39, 0.29) is 13.2 Å². The van der Waals surface area contributed by atoms with E-state index < -0.39 is 19.5 Å². The van der Waals surface area contributed by atoms with Crippen LogP contribution in [-0.4, -0.2) is 25.2 Å². The first-order valence-electron chi connectivity index (χ1n) is 6.43. The van der Waals surface area contributed by atoms with Crippen LogP contribution in [-0.2, 0) is 18.3 Å². The summed E-state index contributed by atoms with van der Waals surface area (Å²) < 4.78 is 27.6. The second-order valence-electron chi connectivity index (χ2n) is 3.87. The quantitative estimate of drug-likeness (QED) is 0.774. The molecule has 0 fully saturated rings. The molecule has 6 nitrogen and oxygen atoms in total. The standard InChI is InChI=1S/C13H20NO5P/c1-4-17-20(16,18-5-2)11(3)19-13(15)14-12-9-7-6-8-10-12/h6-11H,4-5H2,1-3H3,(H,14,15). The molecule has 1 N–H and O–H groups in total. The van der Waals surface area contributed by atoms with E-state index in [2.05, 4.69) is 5.32 Å². The van der Waals surface area contributed by atoms with Crippen molar-refractivity contribution in [3.63, 3.8) is 0 Å². The molecule has 0 spiro atoms. The van der Waals surface area contributed by atoms with Gasteiger partial charge < -0.3 is 13.8 Å². The summed E-state index contributed by atoms with van der Waals surface area (Å²) in [5.74, 6) is -0.980. The lowest BCUT2D eigenvalue weighted by atomic mass is 10.3. The lowest BCUT2D eigenvalue weighted by molar-refractivity contribution is 0.120. The number of carbonyl (C=O) groups excluding carboxylic acids is 1. The predicted molar refractivity (Wildman–Crippen MR) is 76.9 cm³/mol. The molecule has 0 radical (unpaired) electrons. The van der Waals surface area contributed by atoms with E-state index in [4.69, 9.17) is 13.8 Å². The Labute approximate surface area is 119 Å². The van der Waals surface area contributed by atoms with Gasteiger partial charge in [-0.3, -0.25) is 9.88 Å². The van der Waals surface area contributed by atoms with E-state index in [9.17, 15) is 9.36 Å². The molecule has 1 atom stereocenters. The van der Waals surface area contributed by atoms with Gasteiger partial charge in [-0.25, -0.2) is 4.79 Å². The number of hydrogen-bond donors (Lipinski definition) is 1. The highest BCUT2D eigenvalue weighted by Gasteiger charge is 2.35. The van der Waals surface area contributed by atoms with Gasteiger partial charge in [0.2, 0.25) is 5.85 Å². The van der Waals surface area contributed by atoms with Crippen LogP contribution in [0.15, 0.2) is 30.3 Å². The zero-order valence-electron chi connectivity index (χ0n) is 11.9. The highest BCUT2D eigenvalue weighted by molar-refractivity contribution is 7.54. The Morgan fingerprint density at radius 3 is 2.25 bits per heavy atom. The summed E-state index contributed by atoms with van der Waals surface area (Å²) in [7, 11) is -3.45. The highest BCUT2D eigenvalue weighted by Crippen LogP contribution is 2.53. The minimum Gasteiger partial charge on any atom is -0.433 e. The molecule has 1 amide bonds. The van der Waals surface area contributed by atoms with Crippen molar-refractivity contribution < 1.29 is 23.1 Å². The second-order valence-corrected chi connectivity index (χ2v) is 6.19. The van der Waals surface area contributed by atoms with Crippen molar-refractivity contribution in [2.24, 2.45) is 0 Å². The maximum Gasteiger partial charge on any atom is 0.412 e. The Balaban J connectivity index is 2.61. The van der Waals surface area contributed by atoms with E-state index in [0.29, 0.717) is 5.69 Å². The third-order valence-electron chi connectivity index (χ3n) is 2.36. The second kappa shape index (κ2) is 8.04. The van der Waals surface area contributed by atoms with Gasteiger partial charge in [0.1, 0.15) is 0 Å². The average Bonchev–Trinajstić information content (AvgIpc) is 2.40. The number of rotatable bonds is 7. The van der Waals surface area contributed by atoms with Crippen molar-refractivity contribution in [1.29, 1.82) is 0 Å². The molecule has 1 rings (SSSR count). The van der Waals surface area contributed by atoms with Gasteiger partial charge in [0.15, 0.2) is 0 Å². The molecular formula is C13H20NO5P. The fraction of sp³-hybridized carbons (Fsp3) is 0.462. The van der Waals surface area contributed by atoms with E-state index in [0.717, 1.165) is 0 Å². The largest absolute Gasteiger partial charge is 0.433 e. The fourth-order valence-electron chi connectivity index (χ4n) is 1.50. The molecule has 112 valence electrons. The minimum absolute atomic E-state index is 0.214. The first-order valence-corrected chi connectivity index (χ1v) is 8.04. The van der Waals surface area contributed by atoms with Gasteiger partial charge in [-0.2, -0.15) is 0 Å². The first-order chi connectivity index (χ1) is 9.51. The number of carbonyl (C=O) groups is 1. The molecule has 0 heterocycles. The SMILES string of the molecule is CCOP(=O)(OCC)C(C)OC(=O)Nc1ccccc1. The molecular weight excluding hydrogens is 281 g/mol. The number of ether oxygens (including phenoxy) is 1. The fourth-order valence-corrected chi connectivity index (χ4v) is 2.93. The Kier molecular flexibility index (Phi) is 6.71. The van der Waals surface area contributed by atoms with Gasteiger partial charge in [0.25, 0.3) is 0 Å². The first kappa shape index (κ1) is 16.7. The third-order valence-corrected chi connectivity index (χ3v) is 4.59. The topological polar surface area (TPSA) is 73.9 Å². The highest BCUT2D eigenvalue weighted by atomic mass is 31.2. The number of para-hydroxylation sites is 1. The summed E-state index contributed by atoms with van der Waals surface area (Å²) in [6.45, 7) is 5.30. The summed E-state index contributed by atoms with van der Waals surface area (Å²) in [5.41, 5.74) is 0.590. The molecule has 0 saturated heterocycles. The van der Waals surface area contributed by atoms with Gasteiger partial charge >= 0.3 is 13.7 Å².